The van der Waals surface area contributed by atoms with E-state index in [1.54, 1.807) is 12.1 Å². The van der Waals surface area contributed by atoms with Crippen LogP contribution in [0.3, 0.4) is 0 Å². The fourth-order valence-corrected chi connectivity index (χ4v) is 2.11. The van der Waals surface area contributed by atoms with Gasteiger partial charge in [0.15, 0.2) is 0 Å². The van der Waals surface area contributed by atoms with Gasteiger partial charge in [-0.05, 0) is 51.1 Å². The van der Waals surface area contributed by atoms with E-state index < -0.39 is 0 Å². The van der Waals surface area contributed by atoms with Gasteiger partial charge in [-0.1, -0.05) is 6.92 Å². The van der Waals surface area contributed by atoms with Crippen molar-refractivity contribution in [1.82, 2.24) is 5.32 Å². The Balaban J connectivity index is 3.08. The summed E-state index contributed by atoms with van der Waals surface area (Å²) in [5, 5.41) is 3.09. The zero-order chi connectivity index (χ0) is 12.8. The first-order valence-electron chi connectivity index (χ1n) is 6.33. The Labute approximate surface area is 104 Å². The van der Waals surface area contributed by atoms with Crippen molar-refractivity contribution in [3.8, 4) is 0 Å². The summed E-state index contributed by atoms with van der Waals surface area (Å²) < 4.78 is 13.3. The lowest BCUT2D eigenvalue weighted by Gasteiger charge is -2.31. The molecule has 2 nitrogen and oxygen atoms in total. The smallest absolute Gasteiger partial charge is 0.123 e. The first kappa shape index (κ1) is 14.0. The zero-order valence-electron chi connectivity index (χ0n) is 11.3. The van der Waals surface area contributed by atoms with E-state index >= 15 is 0 Å². The maximum atomic E-state index is 13.3. The number of anilines is 1. The maximum absolute atomic E-state index is 13.3. The first-order chi connectivity index (χ1) is 8.13. The summed E-state index contributed by atoms with van der Waals surface area (Å²) in [6.07, 6.45) is 1.09. The Morgan fingerprint density at radius 1 is 1.35 bits per heavy atom. The highest BCUT2D eigenvalue weighted by molar-refractivity contribution is 5.54. The molecule has 0 aliphatic carbocycles. The van der Waals surface area contributed by atoms with Gasteiger partial charge in [-0.3, -0.25) is 0 Å². The molecule has 0 aliphatic heterocycles. The van der Waals surface area contributed by atoms with Crippen molar-refractivity contribution in [3.05, 3.63) is 29.6 Å². The standard InChI is InChI=1S/C14H23FN2/c1-5-11(3)17(6-2)14-8-7-13(15)9-12(14)10-16-4/h7-9,11,16H,5-6,10H2,1-4H3. The fraction of sp³-hybridized carbons (Fsp3) is 0.571. The van der Waals surface area contributed by atoms with Crippen molar-refractivity contribution in [2.75, 3.05) is 18.5 Å². The highest BCUT2D eigenvalue weighted by atomic mass is 19.1. The molecule has 0 heterocycles. The summed E-state index contributed by atoms with van der Waals surface area (Å²) in [5.41, 5.74) is 2.16. The lowest BCUT2D eigenvalue weighted by molar-refractivity contribution is 0.611. The van der Waals surface area contributed by atoms with Gasteiger partial charge >= 0.3 is 0 Å². The van der Waals surface area contributed by atoms with E-state index in [2.05, 4.69) is 31.0 Å². The molecule has 3 heteroatoms. The molecule has 17 heavy (non-hydrogen) atoms. The van der Waals surface area contributed by atoms with Crippen molar-refractivity contribution < 1.29 is 4.39 Å². The van der Waals surface area contributed by atoms with Gasteiger partial charge in [0.05, 0.1) is 0 Å². The number of benzene rings is 1. The van der Waals surface area contributed by atoms with Crippen LogP contribution in [-0.4, -0.2) is 19.6 Å². The Hall–Kier alpha value is -1.09. The number of nitrogens with zero attached hydrogens (tertiary/aromatic N) is 1. The largest absolute Gasteiger partial charge is 0.369 e. The first-order valence-corrected chi connectivity index (χ1v) is 6.33. The monoisotopic (exact) mass is 238 g/mol. The molecule has 0 bridgehead atoms. The van der Waals surface area contributed by atoms with Crippen LogP contribution < -0.4 is 10.2 Å². The van der Waals surface area contributed by atoms with Crippen molar-refractivity contribution in [3.63, 3.8) is 0 Å². The molecule has 0 aliphatic rings. The highest BCUT2D eigenvalue weighted by Gasteiger charge is 2.14. The summed E-state index contributed by atoms with van der Waals surface area (Å²) in [7, 11) is 1.88. The molecule has 1 N–H and O–H groups in total. The van der Waals surface area contributed by atoms with E-state index in [1.165, 1.54) is 0 Å². The van der Waals surface area contributed by atoms with Crippen LogP contribution >= 0.6 is 0 Å². The normalized spacial score (nSPS) is 12.5. The molecule has 0 amide bonds. The molecule has 0 radical (unpaired) electrons. The molecule has 1 unspecified atom stereocenters. The number of halogens is 1. The minimum absolute atomic E-state index is 0.167. The molecular weight excluding hydrogens is 215 g/mol. The van der Waals surface area contributed by atoms with Crippen LogP contribution in [0.1, 0.15) is 32.8 Å². The second-order valence-corrected chi connectivity index (χ2v) is 4.35. The minimum atomic E-state index is -0.167. The second-order valence-electron chi connectivity index (χ2n) is 4.35. The van der Waals surface area contributed by atoms with Gasteiger partial charge < -0.3 is 10.2 Å². The fourth-order valence-electron chi connectivity index (χ4n) is 2.11. The van der Waals surface area contributed by atoms with Crippen molar-refractivity contribution >= 4 is 5.69 Å². The number of hydrogen-bond donors (Lipinski definition) is 1. The molecule has 1 atom stereocenters. The van der Waals surface area contributed by atoms with Gasteiger partial charge in [-0.15, -0.1) is 0 Å². The van der Waals surface area contributed by atoms with E-state index in [0.717, 1.165) is 24.2 Å². The van der Waals surface area contributed by atoms with Crippen molar-refractivity contribution in [2.45, 2.75) is 39.8 Å². The third-order valence-corrected chi connectivity index (χ3v) is 3.18. The van der Waals surface area contributed by atoms with Gasteiger partial charge in [-0.25, -0.2) is 4.39 Å². The molecular formula is C14H23FN2. The number of rotatable bonds is 6. The molecule has 96 valence electrons. The summed E-state index contributed by atoms with van der Waals surface area (Å²) in [6.45, 7) is 8.15. The van der Waals surface area contributed by atoms with E-state index in [0.29, 0.717) is 12.6 Å². The Morgan fingerprint density at radius 3 is 2.59 bits per heavy atom. The minimum Gasteiger partial charge on any atom is -0.369 e. The Morgan fingerprint density at radius 2 is 2.06 bits per heavy atom. The van der Waals surface area contributed by atoms with Crippen molar-refractivity contribution in [2.24, 2.45) is 0 Å². The van der Waals surface area contributed by atoms with Crippen LogP contribution in [0.15, 0.2) is 18.2 Å². The molecule has 0 saturated heterocycles. The second kappa shape index (κ2) is 6.60. The summed E-state index contributed by atoms with van der Waals surface area (Å²) >= 11 is 0. The van der Waals surface area contributed by atoms with Crippen LogP contribution in [-0.2, 0) is 6.54 Å². The lowest BCUT2D eigenvalue weighted by atomic mass is 10.1. The molecule has 0 spiro atoms. The van der Waals surface area contributed by atoms with Gasteiger partial charge in [0.2, 0.25) is 0 Å². The Kier molecular flexibility index (Phi) is 5.42. The van der Waals surface area contributed by atoms with Crippen LogP contribution in [0.25, 0.3) is 0 Å². The average molecular weight is 238 g/mol. The number of nitrogens with one attached hydrogen (secondary N) is 1. The zero-order valence-corrected chi connectivity index (χ0v) is 11.3. The number of hydrogen-bond acceptors (Lipinski definition) is 2. The van der Waals surface area contributed by atoms with E-state index in [1.807, 2.05) is 13.1 Å². The van der Waals surface area contributed by atoms with E-state index in [9.17, 15) is 4.39 Å². The van der Waals surface area contributed by atoms with Crippen LogP contribution in [0.4, 0.5) is 10.1 Å². The molecule has 1 aromatic carbocycles. The quantitative estimate of drug-likeness (QED) is 0.819. The average Bonchev–Trinajstić information content (AvgIpc) is 2.32. The lowest BCUT2D eigenvalue weighted by Crippen LogP contribution is -2.33. The summed E-state index contributed by atoms with van der Waals surface area (Å²) in [4.78, 5) is 2.33. The van der Waals surface area contributed by atoms with Gasteiger partial charge in [0, 0.05) is 24.8 Å². The van der Waals surface area contributed by atoms with Crippen LogP contribution in [0, 0.1) is 5.82 Å². The summed E-state index contributed by atoms with van der Waals surface area (Å²) in [5.74, 6) is -0.167. The Bertz CT molecular complexity index is 352. The predicted molar refractivity (Wildman–Crippen MR) is 71.9 cm³/mol. The third kappa shape index (κ3) is 3.43. The molecule has 0 saturated carbocycles. The predicted octanol–water partition coefficient (Wildman–Crippen LogP) is 3.17. The third-order valence-electron chi connectivity index (χ3n) is 3.18. The van der Waals surface area contributed by atoms with Crippen LogP contribution in [0.5, 0.6) is 0 Å². The highest BCUT2D eigenvalue weighted by Crippen LogP contribution is 2.24. The SMILES string of the molecule is CCC(C)N(CC)c1ccc(F)cc1CNC. The molecule has 1 aromatic rings. The summed E-state index contributed by atoms with van der Waals surface area (Å²) in [6, 6.07) is 5.52. The van der Waals surface area contributed by atoms with Gasteiger partial charge in [0.25, 0.3) is 0 Å². The van der Waals surface area contributed by atoms with Gasteiger partial charge in [-0.2, -0.15) is 0 Å². The molecule has 0 fully saturated rings. The topological polar surface area (TPSA) is 15.3 Å². The molecule has 1 rings (SSSR count). The van der Waals surface area contributed by atoms with E-state index in [4.69, 9.17) is 0 Å². The van der Waals surface area contributed by atoms with E-state index in [-0.39, 0.29) is 5.82 Å². The molecule has 0 aromatic heterocycles. The maximum Gasteiger partial charge on any atom is 0.123 e. The van der Waals surface area contributed by atoms with Crippen molar-refractivity contribution in [1.29, 1.82) is 0 Å². The van der Waals surface area contributed by atoms with Crippen LogP contribution in [0.2, 0.25) is 0 Å². The van der Waals surface area contributed by atoms with Gasteiger partial charge in [0.1, 0.15) is 5.82 Å².